The lowest BCUT2D eigenvalue weighted by Gasteiger charge is -2.06. The van der Waals surface area contributed by atoms with E-state index in [0.29, 0.717) is 6.54 Å². The summed E-state index contributed by atoms with van der Waals surface area (Å²) in [5, 5.41) is 0. The minimum absolute atomic E-state index is 0.460. The molecule has 1 aromatic heterocycles. The highest BCUT2D eigenvalue weighted by Crippen LogP contribution is 2.27. The molecule has 2 rings (SSSR count). The van der Waals surface area contributed by atoms with Crippen molar-refractivity contribution in [3.63, 3.8) is 0 Å². The third-order valence-corrected chi connectivity index (χ3v) is 2.77. The third-order valence-electron chi connectivity index (χ3n) is 2.77. The number of aromatic nitrogens is 2. The molecule has 17 heavy (non-hydrogen) atoms. The van der Waals surface area contributed by atoms with Gasteiger partial charge in [0.1, 0.15) is 11.6 Å². The van der Waals surface area contributed by atoms with Crippen LogP contribution in [0.3, 0.4) is 0 Å². The number of rotatable bonds is 3. The van der Waals surface area contributed by atoms with Gasteiger partial charge in [-0.25, -0.2) is 4.98 Å². The van der Waals surface area contributed by atoms with Crippen molar-refractivity contribution >= 4 is 0 Å². The predicted molar refractivity (Wildman–Crippen MR) is 67.9 cm³/mol. The van der Waals surface area contributed by atoms with Gasteiger partial charge in [-0.1, -0.05) is 0 Å². The molecule has 0 aliphatic heterocycles. The number of aromatic amines is 1. The van der Waals surface area contributed by atoms with Crippen LogP contribution in [0.1, 0.15) is 17.1 Å². The summed E-state index contributed by atoms with van der Waals surface area (Å²) < 4.78 is 5.24. The number of hydrogen-bond acceptors (Lipinski definition) is 3. The summed E-state index contributed by atoms with van der Waals surface area (Å²) in [4.78, 5) is 7.65. The van der Waals surface area contributed by atoms with E-state index in [1.54, 1.807) is 7.11 Å². The van der Waals surface area contributed by atoms with E-state index < -0.39 is 0 Å². The van der Waals surface area contributed by atoms with Gasteiger partial charge in [-0.2, -0.15) is 0 Å². The summed E-state index contributed by atoms with van der Waals surface area (Å²) in [5.74, 6) is 1.77. The van der Waals surface area contributed by atoms with Crippen molar-refractivity contribution in [1.29, 1.82) is 0 Å². The van der Waals surface area contributed by atoms with Crippen LogP contribution in [0.4, 0.5) is 0 Å². The highest BCUT2D eigenvalue weighted by atomic mass is 16.5. The number of aryl methyl sites for hydroxylation is 2. The normalized spacial score (nSPS) is 10.6. The molecule has 0 aliphatic rings. The van der Waals surface area contributed by atoms with Crippen molar-refractivity contribution < 1.29 is 4.74 Å². The average molecular weight is 231 g/mol. The monoisotopic (exact) mass is 231 g/mol. The fourth-order valence-electron chi connectivity index (χ4n) is 1.95. The molecular formula is C13H17N3O. The van der Waals surface area contributed by atoms with Crippen molar-refractivity contribution in [2.45, 2.75) is 20.4 Å². The SMILES string of the molecule is COc1ccc(-c2nc(C)[nH]c2CN)cc1C. The first-order chi connectivity index (χ1) is 8.15. The van der Waals surface area contributed by atoms with Crippen molar-refractivity contribution in [2.24, 2.45) is 5.73 Å². The van der Waals surface area contributed by atoms with E-state index in [-0.39, 0.29) is 0 Å². The number of benzene rings is 1. The van der Waals surface area contributed by atoms with Gasteiger partial charge < -0.3 is 15.5 Å². The van der Waals surface area contributed by atoms with Gasteiger partial charge in [-0.3, -0.25) is 0 Å². The third kappa shape index (κ3) is 2.17. The van der Waals surface area contributed by atoms with Crippen LogP contribution < -0.4 is 10.5 Å². The maximum absolute atomic E-state index is 5.70. The Bertz CT molecular complexity index is 531. The van der Waals surface area contributed by atoms with Crippen LogP contribution in [0.5, 0.6) is 5.75 Å². The van der Waals surface area contributed by atoms with Crippen LogP contribution in [0.2, 0.25) is 0 Å². The predicted octanol–water partition coefficient (Wildman–Crippen LogP) is 2.16. The zero-order valence-electron chi connectivity index (χ0n) is 10.4. The van der Waals surface area contributed by atoms with Crippen LogP contribution in [-0.4, -0.2) is 17.1 Å². The molecule has 0 atom stereocenters. The fourth-order valence-corrected chi connectivity index (χ4v) is 1.95. The van der Waals surface area contributed by atoms with E-state index in [1.165, 1.54) is 0 Å². The molecule has 2 aromatic rings. The van der Waals surface area contributed by atoms with Crippen LogP contribution in [-0.2, 0) is 6.54 Å². The quantitative estimate of drug-likeness (QED) is 0.850. The molecular weight excluding hydrogens is 214 g/mol. The van der Waals surface area contributed by atoms with Crippen LogP contribution >= 0.6 is 0 Å². The molecule has 1 heterocycles. The van der Waals surface area contributed by atoms with Crippen molar-refractivity contribution in [1.82, 2.24) is 9.97 Å². The van der Waals surface area contributed by atoms with Crippen LogP contribution in [0, 0.1) is 13.8 Å². The van der Waals surface area contributed by atoms with E-state index in [2.05, 4.69) is 16.0 Å². The Kier molecular flexibility index (Phi) is 3.15. The fraction of sp³-hybridized carbons (Fsp3) is 0.308. The highest BCUT2D eigenvalue weighted by molar-refractivity contribution is 5.64. The van der Waals surface area contributed by atoms with E-state index in [9.17, 15) is 0 Å². The molecule has 0 saturated carbocycles. The molecule has 1 aromatic carbocycles. The van der Waals surface area contributed by atoms with E-state index >= 15 is 0 Å². The lowest BCUT2D eigenvalue weighted by molar-refractivity contribution is 0.412. The summed E-state index contributed by atoms with van der Waals surface area (Å²) >= 11 is 0. The smallest absolute Gasteiger partial charge is 0.121 e. The molecule has 90 valence electrons. The Labute approximate surface area is 101 Å². The molecule has 0 spiro atoms. The Morgan fingerprint density at radius 1 is 1.35 bits per heavy atom. The number of nitrogens with one attached hydrogen (secondary N) is 1. The zero-order valence-corrected chi connectivity index (χ0v) is 10.4. The topological polar surface area (TPSA) is 63.9 Å². The molecule has 0 unspecified atom stereocenters. The van der Waals surface area contributed by atoms with Gasteiger partial charge in [-0.15, -0.1) is 0 Å². The first-order valence-corrected chi connectivity index (χ1v) is 5.56. The van der Waals surface area contributed by atoms with Gasteiger partial charge >= 0.3 is 0 Å². The van der Waals surface area contributed by atoms with Crippen molar-refractivity contribution in [3.05, 3.63) is 35.3 Å². The number of nitrogens with two attached hydrogens (primary N) is 1. The molecule has 0 saturated heterocycles. The maximum Gasteiger partial charge on any atom is 0.121 e. The van der Waals surface area contributed by atoms with E-state index in [4.69, 9.17) is 10.5 Å². The van der Waals surface area contributed by atoms with Gasteiger partial charge in [0.15, 0.2) is 0 Å². The standard InChI is InChI=1S/C13H17N3O/c1-8-6-10(4-5-12(8)17-3)13-11(7-14)15-9(2)16-13/h4-6H,7,14H2,1-3H3,(H,15,16). The Morgan fingerprint density at radius 2 is 2.12 bits per heavy atom. The number of nitrogens with zero attached hydrogens (tertiary/aromatic N) is 1. The first-order valence-electron chi connectivity index (χ1n) is 5.56. The van der Waals surface area contributed by atoms with Gasteiger partial charge in [0, 0.05) is 12.1 Å². The summed E-state index contributed by atoms with van der Waals surface area (Å²) in [7, 11) is 1.67. The molecule has 0 bridgehead atoms. The van der Waals surface area contributed by atoms with E-state index in [0.717, 1.165) is 34.1 Å². The molecule has 4 heteroatoms. The van der Waals surface area contributed by atoms with Gasteiger partial charge in [-0.05, 0) is 37.6 Å². The number of ether oxygens (including phenoxy) is 1. The average Bonchev–Trinajstić information content (AvgIpc) is 2.70. The Balaban J connectivity index is 2.49. The van der Waals surface area contributed by atoms with Crippen LogP contribution in [0.25, 0.3) is 11.3 Å². The maximum atomic E-state index is 5.70. The summed E-state index contributed by atoms with van der Waals surface area (Å²) in [6.07, 6.45) is 0. The molecule has 0 radical (unpaired) electrons. The number of H-pyrrole nitrogens is 1. The molecule has 0 amide bonds. The van der Waals surface area contributed by atoms with Gasteiger partial charge in [0.25, 0.3) is 0 Å². The molecule has 4 nitrogen and oxygen atoms in total. The second-order valence-corrected chi connectivity index (χ2v) is 4.04. The van der Waals surface area contributed by atoms with Gasteiger partial charge in [0.2, 0.25) is 0 Å². The van der Waals surface area contributed by atoms with Crippen LogP contribution in [0.15, 0.2) is 18.2 Å². The second kappa shape index (κ2) is 4.59. The zero-order chi connectivity index (χ0) is 12.4. The lowest BCUT2D eigenvalue weighted by Crippen LogP contribution is -1.99. The summed E-state index contributed by atoms with van der Waals surface area (Å²) in [5.41, 5.74) is 9.75. The van der Waals surface area contributed by atoms with E-state index in [1.807, 2.05) is 26.0 Å². The number of hydrogen-bond donors (Lipinski definition) is 2. The number of methoxy groups -OCH3 is 1. The highest BCUT2D eigenvalue weighted by Gasteiger charge is 2.10. The largest absolute Gasteiger partial charge is 0.496 e. The minimum Gasteiger partial charge on any atom is -0.496 e. The Hall–Kier alpha value is -1.81. The molecule has 0 fully saturated rings. The molecule has 0 aliphatic carbocycles. The lowest BCUT2D eigenvalue weighted by atomic mass is 10.1. The minimum atomic E-state index is 0.460. The first kappa shape index (κ1) is 11.7. The van der Waals surface area contributed by atoms with Crippen molar-refractivity contribution in [3.8, 4) is 17.0 Å². The number of imidazole rings is 1. The molecule has 3 N–H and O–H groups in total. The summed E-state index contributed by atoms with van der Waals surface area (Å²) in [6.45, 7) is 4.41. The van der Waals surface area contributed by atoms with Crippen molar-refractivity contribution in [2.75, 3.05) is 7.11 Å². The second-order valence-electron chi connectivity index (χ2n) is 4.04. The summed E-state index contributed by atoms with van der Waals surface area (Å²) in [6, 6.07) is 6.02. The Morgan fingerprint density at radius 3 is 2.71 bits per heavy atom. The van der Waals surface area contributed by atoms with Gasteiger partial charge in [0.05, 0.1) is 18.5 Å².